The summed E-state index contributed by atoms with van der Waals surface area (Å²) in [6.07, 6.45) is 7.18. The molecule has 0 saturated carbocycles. The van der Waals surface area contributed by atoms with E-state index in [1.165, 1.54) is 0 Å². The lowest BCUT2D eigenvalue weighted by molar-refractivity contribution is 0.177. The Labute approximate surface area is 77.3 Å². The van der Waals surface area contributed by atoms with Gasteiger partial charge in [-0.25, -0.2) is 0 Å². The van der Waals surface area contributed by atoms with Crippen LogP contribution >= 0.6 is 15.9 Å². The topological polar surface area (TPSA) is 9.23 Å². The van der Waals surface area contributed by atoms with Gasteiger partial charge in [-0.1, -0.05) is 41.1 Å². The zero-order valence-corrected chi connectivity index (χ0v) is 8.73. The molecule has 64 valence electrons. The van der Waals surface area contributed by atoms with E-state index in [4.69, 9.17) is 4.74 Å². The van der Waals surface area contributed by atoms with Gasteiger partial charge in [-0.15, -0.1) is 0 Å². The number of halogens is 1. The third-order valence-corrected chi connectivity index (χ3v) is 1.68. The highest BCUT2D eigenvalue weighted by atomic mass is 79.9. The van der Waals surface area contributed by atoms with Crippen LogP contribution in [0.1, 0.15) is 20.3 Å². The summed E-state index contributed by atoms with van der Waals surface area (Å²) in [7, 11) is 0. The van der Waals surface area contributed by atoms with Gasteiger partial charge in [0, 0.05) is 11.1 Å². The van der Waals surface area contributed by atoms with Gasteiger partial charge in [0.25, 0.3) is 0 Å². The van der Waals surface area contributed by atoms with E-state index in [1.807, 2.05) is 19.1 Å². The maximum Gasteiger partial charge on any atom is 0.0650 e. The molecule has 0 aliphatic carbocycles. The Kier molecular flexibility index (Phi) is 7.96. The van der Waals surface area contributed by atoms with Crippen LogP contribution in [0.2, 0.25) is 0 Å². The molecule has 11 heavy (non-hydrogen) atoms. The first-order valence-electron chi connectivity index (χ1n) is 3.91. The standard InChI is InChI=1S/C9H15BrO/c1-3-6-9(10)7-5-8-11-4-2/h5-7H,3-4,8H2,1-2H3/b7-5-,9-6+. The van der Waals surface area contributed by atoms with Gasteiger partial charge >= 0.3 is 0 Å². The van der Waals surface area contributed by atoms with Gasteiger partial charge < -0.3 is 4.74 Å². The Morgan fingerprint density at radius 3 is 2.73 bits per heavy atom. The Morgan fingerprint density at radius 1 is 1.45 bits per heavy atom. The molecule has 0 saturated heterocycles. The number of ether oxygens (including phenoxy) is 1. The number of allylic oxidation sites excluding steroid dienone is 3. The second-order valence-electron chi connectivity index (χ2n) is 2.06. The van der Waals surface area contributed by atoms with E-state index in [0.29, 0.717) is 6.61 Å². The number of rotatable bonds is 5. The molecule has 1 nitrogen and oxygen atoms in total. The highest BCUT2D eigenvalue weighted by molar-refractivity contribution is 9.11. The summed E-state index contributed by atoms with van der Waals surface area (Å²) < 4.78 is 6.25. The molecule has 0 aromatic carbocycles. The zero-order chi connectivity index (χ0) is 8.53. The monoisotopic (exact) mass is 218 g/mol. The van der Waals surface area contributed by atoms with Crippen molar-refractivity contribution in [1.29, 1.82) is 0 Å². The van der Waals surface area contributed by atoms with Gasteiger partial charge in [0.1, 0.15) is 0 Å². The summed E-state index contributed by atoms with van der Waals surface area (Å²) in [6, 6.07) is 0. The van der Waals surface area contributed by atoms with E-state index in [-0.39, 0.29) is 0 Å². The fourth-order valence-electron chi connectivity index (χ4n) is 0.610. The molecule has 0 aliphatic heterocycles. The number of hydrogen-bond acceptors (Lipinski definition) is 1. The maximum atomic E-state index is 5.13. The van der Waals surface area contributed by atoms with Gasteiger partial charge in [0.15, 0.2) is 0 Å². The molecule has 2 heteroatoms. The molecule has 0 N–H and O–H groups in total. The SMILES string of the molecule is CC/C=C(Br)\C=C/COCC. The van der Waals surface area contributed by atoms with Crippen molar-refractivity contribution in [2.45, 2.75) is 20.3 Å². The van der Waals surface area contributed by atoms with Gasteiger partial charge in [-0.05, 0) is 13.3 Å². The van der Waals surface area contributed by atoms with Gasteiger partial charge in [0.05, 0.1) is 6.61 Å². The van der Waals surface area contributed by atoms with Crippen LogP contribution in [-0.2, 0) is 4.74 Å². The molecule has 0 unspecified atom stereocenters. The lowest BCUT2D eigenvalue weighted by Crippen LogP contribution is -1.87. The van der Waals surface area contributed by atoms with Crippen LogP contribution in [-0.4, -0.2) is 13.2 Å². The molecule has 0 aromatic rings. The predicted octanol–water partition coefficient (Wildman–Crippen LogP) is 3.27. The molecule has 0 amide bonds. The van der Waals surface area contributed by atoms with Crippen LogP contribution in [0.4, 0.5) is 0 Å². The van der Waals surface area contributed by atoms with Crippen LogP contribution in [0.25, 0.3) is 0 Å². The summed E-state index contributed by atoms with van der Waals surface area (Å²) in [5.74, 6) is 0. The first-order chi connectivity index (χ1) is 5.31. The Hall–Kier alpha value is -0.0800. The minimum absolute atomic E-state index is 0.698. The van der Waals surface area contributed by atoms with Gasteiger partial charge in [0.2, 0.25) is 0 Å². The van der Waals surface area contributed by atoms with E-state index >= 15 is 0 Å². The van der Waals surface area contributed by atoms with Crippen molar-refractivity contribution < 1.29 is 4.74 Å². The van der Waals surface area contributed by atoms with Crippen LogP contribution in [0.3, 0.4) is 0 Å². The average Bonchev–Trinajstić information content (AvgIpc) is 1.99. The van der Waals surface area contributed by atoms with Crippen molar-refractivity contribution in [2.24, 2.45) is 0 Å². The summed E-state index contributed by atoms with van der Waals surface area (Å²) >= 11 is 3.41. The van der Waals surface area contributed by atoms with Crippen molar-refractivity contribution in [1.82, 2.24) is 0 Å². The zero-order valence-electron chi connectivity index (χ0n) is 7.14. The molecule has 0 aliphatic rings. The Balaban J connectivity index is 3.48. The van der Waals surface area contributed by atoms with E-state index in [0.717, 1.165) is 17.5 Å². The van der Waals surface area contributed by atoms with Gasteiger partial charge in [-0.2, -0.15) is 0 Å². The molecule has 0 rings (SSSR count). The quantitative estimate of drug-likeness (QED) is 0.509. The second-order valence-corrected chi connectivity index (χ2v) is 2.97. The van der Waals surface area contributed by atoms with E-state index in [9.17, 15) is 0 Å². The molecular formula is C9H15BrO. The molecule has 0 aromatic heterocycles. The largest absolute Gasteiger partial charge is 0.378 e. The third kappa shape index (κ3) is 7.82. The van der Waals surface area contributed by atoms with Crippen LogP contribution < -0.4 is 0 Å². The summed E-state index contributed by atoms with van der Waals surface area (Å²) in [4.78, 5) is 0. The highest BCUT2D eigenvalue weighted by Gasteiger charge is 1.81. The molecule has 0 fully saturated rings. The summed E-state index contributed by atoms with van der Waals surface area (Å²) in [6.45, 7) is 5.57. The van der Waals surface area contributed by atoms with Crippen LogP contribution in [0.5, 0.6) is 0 Å². The van der Waals surface area contributed by atoms with Crippen molar-refractivity contribution in [3.63, 3.8) is 0 Å². The third-order valence-electron chi connectivity index (χ3n) is 1.09. The van der Waals surface area contributed by atoms with Crippen molar-refractivity contribution in [3.8, 4) is 0 Å². The molecular weight excluding hydrogens is 204 g/mol. The normalized spacial score (nSPS) is 12.8. The van der Waals surface area contributed by atoms with Crippen LogP contribution in [0, 0.1) is 0 Å². The Bertz CT molecular complexity index is 138. The highest BCUT2D eigenvalue weighted by Crippen LogP contribution is 2.06. The van der Waals surface area contributed by atoms with E-state index in [2.05, 4.69) is 28.9 Å². The summed E-state index contributed by atoms with van der Waals surface area (Å²) in [5, 5.41) is 0. The minimum atomic E-state index is 0.698. The molecule has 0 atom stereocenters. The molecule has 0 heterocycles. The van der Waals surface area contributed by atoms with Crippen molar-refractivity contribution in [3.05, 3.63) is 22.7 Å². The van der Waals surface area contributed by atoms with Crippen molar-refractivity contribution >= 4 is 15.9 Å². The van der Waals surface area contributed by atoms with Crippen LogP contribution in [0.15, 0.2) is 22.7 Å². The second kappa shape index (κ2) is 8.02. The molecule has 0 spiro atoms. The van der Waals surface area contributed by atoms with Crippen molar-refractivity contribution in [2.75, 3.05) is 13.2 Å². The fraction of sp³-hybridized carbons (Fsp3) is 0.556. The summed E-state index contributed by atoms with van der Waals surface area (Å²) in [5.41, 5.74) is 0. The number of hydrogen-bond donors (Lipinski definition) is 0. The average molecular weight is 219 g/mol. The maximum absolute atomic E-state index is 5.13. The molecule has 0 radical (unpaired) electrons. The van der Waals surface area contributed by atoms with Gasteiger partial charge in [-0.3, -0.25) is 0 Å². The lowest BCUT2D eigenvalue weighted by Gasteiger charge is -1.92. The minimum Gasteiger partial charge on any atom is -0.378 e. The Morgan fingerprint density at radius 2 is 2.18 bits per heavy atom. The fourth-order valence-corrected chi connectivity index (χ4v) is 1.12. The first kappa shape index (κ1) is 10.9. The molecule has 0 bridgehead atoms. The lowest BCUT2D eigenvalue weighted by atomic mass is 10.4. The first-order valence-corrected chi connectivity index (χ1v) is 4.70. The van der Waals surface area contributed by atoms with E-state index in [1.54, 1.807) is 0 Å². The predicted molar refractivity (Wildman–Crippen MR) is 52.9 cm³/mol. The smallest absolute Gasteiger partial charge is 0.0650 e. The van der Waals surface area contributed by atoms with E-state index < -0.39 is 0 Å².